The Kier molecular flexibility index (Phi) is 8.87. The number of nitrogens with zero attached hydrogens (tertiary/aromatic N) is 3. The number of halogens is 1. The van der Waals surface area contributed by atoms with Crippen molar-refractivity contribution in [1.82, 2.24) is 19.7 Å². The van der Waals surface area contributed by atoms with Gasteiger partial charge in [-0.2, -0.15) is 0 Å². The molecule has 1 saturated heterocycles. The molecular formula is C33H33BrN4O4. The number of benzene rings is 3. The first kappa shape index (κ1) is 29.3. The Morgan fingerprint density at radius 3 is 2.14 bits per heavy atom. The molecule has 1 aromatic heterocycles. The van der Waals surface area contributed by atoms with Gasteiger partial charge in [-0.1, -0.05) is 65.3 Å². The monoisotopic (exact) mass is 628 g/mol. The highest BCUT2D eigenvalue weighted by Crippen LogP contribution is 2.33. The summed E-state index contributed by atoms with van der Waals surface area (Å²) in [7, 11) is 0. The van der Waals surface area contributed by atoms with Gasteiger partial charge < -0.3 is 15.1 Å². The smallest absolute Gasteiger partial charge is 0.317 e. The van der Waals surface area contributed by atoms with Crippen LogP contribution in [0.25, 0.3) is 21.9 Å². The lowest BCUT2D eigenvalue weighted by Gasteiger charge is -2.34. The van der Waals surface area contributed by atoms with Crippen LogP contribution in [0.4, 0.5) is 4.79 Å². The van der Waals surface area contributed by atoms with E-state index in [1.807, 2.05) is 61.5 Å². The van der Waals surface area contributed by atoms with Gasteiger partial charge in [-0.05, 0) is 53.8 Å². The zero-order valence-corrected chi connectivity index (χ0v) is 25.3. The fraction of sp³-hybridized carbons (Fsp3) is 0.273. The minimum absolute atomic E-state index is 0.0984. The molecule has 1 aliphatic rings. The second kappa shape index (κ2) is 12.7. The van der Waals surface area contributed by atoms with Crippen LogP contribution in [-0.2, 0) is 6.54 Å². The van der Waals surface area contributed by atoms with E-state index in [-0.39, 0.29) is 36.2 Å². The Morgan fingerprint density at radius 2 is 1.50 bits per heavy atom. The third kappa shape index (κ3) is 5.87. The van der Waals surface area contributed by atoms with Crippen molar-refractivity contribution in [2.24, 2.45) is 0 Å². The maximum absolute atomic E-state index is 13.9. The molecule has 0 saturated carbocycles. The lowest BCUT2D eigenvalue weighted by atomic mass is 9.94. The van der Waals surface area contributed by atoms with Crippen LogP contribution in [0.1, 0.15) is 46.7 Å². The van der Waals surface area contributed by atoms with Crippen molar-refractivity contribution >= 4 is 44.4 Å². The normalized spacial score (nSPS) is 13.3. The van der Waals surface area contributed by atoms with E-state index in [0.29, 0.717) is 49.4 Å². The first-order valence-electron chi connectivity index (χ1n) is 14.2. The topological polar surface area (TPSA) is 91.7 Å². The summed E-state index contributed by atoms with van der Waals surface area (Å²) < 4.78 is 2.40. The van der Waals surface area contributed by atoms with Gasteiger partial charge in [0.1, 0.15) is 0 Å². The zero-order valence-electron chi connectivity index (χ0n) is 23.7. The quantitative estimate of drug-likeness (QED) is 0.271. The fourth-order valence-electron chi connectivity index (χ4n) is 5.42. The molecule has 42 heavy (non-hydrogen) atoms. The summed E-state index contributed by atoms with van der Waals surface area (Å²) in [6.07, 6.45) is 0.250. The van der Waals surface area contributed by atoms with Gasteiger partial charge in [0.05, 0.1) is 12.2 Å². The third-order valence-corrected chi connectivity index (χ3v) is 8.10. The standard InChI is InChI=1S/C33H33BrN4O4/c1-3-28(39)30-29(23-8-6-5-7-9-23)27-20-25(34)14-15-26(27)32(41)38(30)21-22-10-12-24(13-11-22)31(40)36-16-18-37(19-17-36)33(42)35-4-2/h5-15,20H,3-4,16-19,21H2,1-2H3,(H,35,42). The lowest BCUT2D eigenvalue weighted by Crippen LogP contribution is -2.53. The molecule has 1 N–H and O–H groups in total. The van der Waals surface area contributed by atoms with Crippen molar-refractivity contribution in [2.75, 3.05) is 32.7 Å². The molecule has 0 radical (unpaired) electrons. The van der Waals surface area contributed by atoms with E-state index in [1.54, 1.807) is 39.5 Å². The summed E-state index contributed by atoms with van der Waals surface area (Å²) in [5.41, 5.74) is 3.07. The van der Waals surface area contributed by atoms with Crippen molar-refractivity contribution in [3.8, 4) is 11.1 Å². The van der Waals surface area contributed by atoms with Crippen molar-refractivity contribution in [2.45, 2.75) is 26.8 Å². The van der Waals surface area contributed by atoms with Crippen LogP contribution in [-0.4, -0.2) is 64.8 Å². The van der Waals surface area contributed by atoms with E-state index >= 15 is 0 Å². The number of nitrogens with one attached hydrogen (secondary N) is 1. The largest absolute Gasteiger partial charge is 0.338 e. The van der Waals surface area contributed by atoms with Crippen LogP contribution < -0.4 is 10.9 Å². The molecule has 3 amide bonds. The number of piperazine rings is 1. The SMILES string of the molecule is CCNC(=O)N1CCN(C(=O)c2ccc(Cn3c(C(=O)CC)c(-c4ccccc4)c4cc(Br)ccc4c3=O)cc2)CC1. The minimum Gasteiger partial charge on any atom is -0.338 e. The van der Waals surface area contributed by atoms with Crippen molar-refractivity contribution in [3.63, 3.8) is 0 Å². The highest BCUT2D eigenvalue weighted by molar-refractivity contribution is 9.10. The summed E-state index contributed by atoms with van der Waals surface area (Å²) in [5.74, 6) is -0.217. The van der Waals surface area contributed by atoms with Gasteiger partial charge in [-0.25, -0.2) is 4.79 Å². The van der Waals surface area contributed by atoms with Crippen LogP contribution in [0.2, 0.25) is 0 Å². The Morgan fingerprint density at radius 1 is 0.833 bits per heavy atom. The Bertz CT molecular complexity index is 1690. The highest BCUT2D eigenvalue weighted by Gasteiger charge is 2.25. The number of hydrogen-bond donors (Lipinski definition) is 1. The second-order valence-electron chi connectivity index (χ2n) is 10.3. The number of ketones is 1. The molecule has 0 atom stereocenters. The number of rotatable bonds is 7. The molecule has 5 rings (SSSR count). The van der Waals surface area contributed by atoms with E-state index in [4.69, 9.17) is 0 Å². The van der Waals surface area contributed by atoms with Gasteiger partial charge >= 0.3 is 6.03 Å². The molecule has 0 unspecified atom stereocenters. The molecular weight excluding hydrogens is 596 g/mol. The van der Waals surface area contributed by atoms with Gasteiger partial charge in [0, 0.05) is 60.1 Å². The van der Waals surface area contributed by atoms with Crippen molar-refractivity contribution in [3.05, 3.63) is 104 Å². The van der Waals surface area contributed by atoms with E-state index in [9.17, 15) is 19.2 Å². The molecule has 0 bridgehead atoms. The van der Waals surface area contributed by atoms with Gasteiger partial charge in [0.25, 0.3) is 11.5 Å². The van der Waals surface area contributed by atoms with E-state index in [2.05, 4.69) is 21.2 Å². The molecule has 9 heteroatoms. The van der Waals surface area contributed by atoms with Crippen LogP contribution in [0, 0.1) is 0 Å². The Labute approximate surface area is 253 Å². The summed E-state index contributed by atoms with van der Waals surface area (Å²) in [4.78, 5) is 56.1. The average molecular weight is 630 g/mol. The number of carbonyl (C=O) groups excluding carboxylic acids is 3. The number of amides is 3. The van der Waals surface area contributed by atoms with Crippen LogP contribution in [0.15, 0.2) is 82.1 Å². The molecule has 1 fully saturated rings. The summed E-state index contributed by atoms with van der Waals surface area (Å²) in [5, 5.41) is 4.05. The number of urea groups is 1. The molecule has 1 aliphatic heterocycles. The molecule has 216 valence electrons. The molecule has 4 aromatic rings. The molecule has 3 aromatic carbocycles. The first-order chi connectivity index (χ1) is 20.3. The number of Topliss-reactive ketones (excluding diaryl/α,β-unsaturated/α-hetero) is 1. The minimum atomic E-state index is -0.237. The van der Waals surface area contributed by atoms with Gasteiger partial charge in [0.15, 0.2) is 5.78 Å². The van der Waals surface area contributed by atoms with Gasteiger partial charge in [-0.3, -0.25) is 19.0 Å². The summed E-state index contributed by atoms with van der Waals surface area (Å²) in [6.45, 7) is 6.32. The number of hydrogen-bond acceptors (Lipinski definition) is 4. The molecule has 0 aliphatic carbocycles. The van der Waals surface area contributed by atoms with Crippen molar-refractivity contribution in [1.29, 1.82) is 0 Å². The fourth-order valence-corrected chi connectivity index (χ4v) is 5.78. The maximum Gasteiger partial charge on any atom is 0.317 e. The average Bonchev–Trinajstić information content (AvgIpc) is 3.02. The van der Waals surface area contributed by atoms with Crippen LogP contribution >= 0.6 is 15.9 Å². The molecule has 8 nitrogen and oxygen atoms in total. The van der Waals surface area contributed by atoms with E-state index in [1.165, 1.54) is 0 Å². The van der Waals surface area contributed by atoms with Gasteiger partial charge in [0.2, 0.25) is 0 Å². The second-order valence-corrected chi connectivity index (χ2v) is 11.2. The number of pyridine rings is 1. The van der Waals surface area contributed by atoms with Crippen LogP contribution in [0.5, 0.6) is 0 Å². The third-order valence-electron chi connectivity index (χ3n) is 7.60. The molecule has 2 heterocycles. The number of carbonyl (C=O) groups is 3. The van der Waals surface area contributed by atoms with Crippen molar-refractivity contribution < 1.29 is 14.4 Å². The van der Waals surface area contributed by atoms with E-state index in [0.717, 1.165) is 26.5 Å². The predicted molar refractivity (Wildman–Crippen MR) is 168 cm³/mol. The van der Waals surface area contributed by atoms with Crippen LogP contribution in [0.3, 0.4) is 0 Å². The Hall–Kier alpha value is -4.24. The first-order valence-corrected chi connectivity index (χ1v) is 15.0. The molecule has 0 spiro atoms. The zero-order chi connectivity index (χ0) is 29.8. The predicted octanol–water partition coefficient (Wildman–Crippen LogP) is 5.56. The maximum atomic E-state index is 13.9. The number of fused-ring (bicyclic) bond motifs is 1. The summed E-state index contributed by atoms with van der Waals surface area (Å²) >= 11 is 3.53. The van der Waals surface area contributed by atoms with Gasteiger partial charge in [-0.15, -0.1) is 0 Å². The number of aromatic nitrogens is 1. The lowest BCUT2D eigenvalue weighted by molar-refractivity contribution is 0.0665. The van der Waals surface area contributed by atoms with E-state index < -0.39 is 0 Å². The highest BCUT2D eigenvalue weighted by atomic mass is 79.9. The summed E-state index contributed by atoms with van der Waals surface area (Å²) in [6, 6.07) is 22.3. The Balaban J connectivity index is 1.47.